The zero-order chi connectivity index (χ0) is 20.4. The van der Waals surface area contributed by atoms with Crippen molar-refractivity contribution in [1.29, 1.82) is 0 Å². The third-order valence-corrected chi connectivity index (χ3v) is 8.01. The second kappa shape index (κ2) is 8.57. The molecule has 152 valence electrons. The van der Waals surface area contributed by atoms with Gasteiger partial charge in [0.2, 0.25) is 0 Å². The third kappa shape index (κ3) is 4.41. The number of hydrogen-bond donors (Lipinski definition) is 0. The fourth-order valence-electron chi connectivity index (χ4n) is 3.01. The van der Waals surface area contributed by atoms with Crippen LogP contribution in [0.5, 0.6) is 0 Å². The van der Waals surface area contributed by atoms with Gasteiger partial charge in [-0.1, -0.05) is 53.5 Å². The minimum Gasteiger partial charge on any atom is -0.378 e. The van der Waals surface area contributed by atoms with Crippen molar-refractivity contribution in [3.05, 3.63) is 64.1 Å². The molecule has 6 nitrogen and oxygen atoms in total. The number of halogens is 2. The van der Waals surface area contributed by atoms with E-state index in [9.17, 15) is 8.42 Å². The van der Waals surface area contributed by atoms with Crippen LogP contribution in [-0.2, 0) is 21.1 Å². The van der Waals surface area contributed by atoms with Crippen molar-refractivity contribution >= 4 is 49.7 Å². The summed E-state index contributed by atoms with van der Waals surface area (Å²) < 4.78 is 33.9. The molecule has 29 heavy (non-hydrogen) atoms. The van der Waals surface area contributed by atoms with E-state index in [1.54, 1.807) is 3.96 Å². The highest BCUT2D eigenvalue weighted by atomic mass is 35.5. The molecule has 0 atom stereocenters. The zero-order valence-electron chi connectivity index (χ0n) is 15.3. The maximum absolute atomic E-state index is 13.4. The number of sulfone groups is 1. The molecule has 0 unspecified atom stereocenters. The molecule has 0 aliphatic carbocycles. The summed E-state index contributed by atoms with van der Waals surface area (Å²) in [4.78, 5) is 6.54. The van der Waals surface area contributed by atoms with Gasteiger partial charge in [0.05, 0.1) is 23.1 Å². The molecule has 1 fully saturated rings. The first-order chi connectivity index (χ1) is 13.9. The van der Waals surface area contributed by atoms with Crippen molar-refractivity contribution in [3.63, 3.8) is 0 Å². The molecular formula is C19H18Cl2N3O3S2+. The minimum absolute atomic E-state index is 0.00999. The van der Waals surface area contributed by atoms with E-state index in [4.69, 9.17) is 27.9 Å². The van der Waals surface area contributed by atoms with Crippen molar-refractivity contribution in [3.8, 4) is 0 Å². The van der Waals surface area contributed by atoms with Crippen LogP contribution in [0.3, 0.4) is 0 Å². The summed E-state index contributed by atoms with van der Waals surface area (Å²) in [5.74, 6) is 0. The van der Waals surface area contributed by atoms with E-state index in [0.717, 1.165) is 5.56 Å². The molecule has 1 aliphatic rings. The lowest BCUT2D eigenvalue weighted by atomic mass is 10.2. The lowest BCUT2D eigenvalue weighted by molar-refractivity contribution is -0.662. The van der Waals surface area contributed by atoms with Gasteiger partial charge in [0.15, 0.2) is 0 Å². The second-order valence-corrected chi connectivity index (χ2v) is 10.1. The van der Waals surface area contributed by atoms with E-state index < -0.39 is 9.84 Å². The summed E-state index contributed by atoms with van der Waals surface area (Å²) in [7, 11) is -3.94. The molecule has 10 heteroatoms. The lowest BCUT2D eigenvalue weighted by Gasteiger charge is -2.23. The first-order valence-corrected chi connectivity index (χ1v) is 11.9. The molecule has 3 aromatic rings. The van der Waals surface area contributed by atoms with Gasteiger partial charge >= 0.3 is 10.3 Å². The summed E-state index contributed by atoms with van der Waals surface area (Å²) in [5.41, 5.74) is 0.980. The normalized spacial score (nSPS) is 14.9. The highest BCUT2D eigenvalue weighted by Gasteiger charge is 2.38. The minimum atomic E-state index is -3.94. The highest BCUT2D eigenvalue weighted by Crippen LogP contribution is 2.30. The highest BCUT2D eigenvalue weighted by molar-refractivity contribution is 7.91. The largest absolute Gasteiger partial charge is 0.436 e. The summed E-state index contributed by atoms with van der Waals surface area (Å²) in [6, 6.07) is 14.0. The Labute approximate surface area is 183 Å². The van der Waals surface area contributed by atoms with Crippen molar-refractivity contribution in [2.45, 2.75) is 16.6 Å². The third-order valence-electron chi connectivity index (χ3n) is 4.47. The van der Waals surface area contributed by atoms with Crippen LogP contribution in [0.25, 0.3) is 0 Å². The lowest BCUT2D eigenvalue weighted by Crippen LogP contribution is -2.36. The monoisotopic (exact) mass is 470 g/mol. The van der Waals surface area contributed by atoms with Crippen molar-refractivity contribution < 1.29 is 17.1 Å². The molecular weight excluding hydrogens is 453 g/mol. The SMILES string of the molecule is O=S(=O)(c1ccc(Cl)cc1Cl)c1nc(N2CCOCC2)s[n+]1Cc1ccccc1. The van der Waals surface area contributed by atoms with Crippen LogP contribution in [0.1, 0.15) is 5.56 Å². The van der Waals surface area contributed by atoms with Crippen LogP contribution in [0.4, 0.5) is 5.13 Å². The molecule has 0 bridgehead atoms. The molecule has 2 heterocycles. The predicted molar refractivity (Wildman–Crippen MR) is 113 cm³/mol. The fourth-order valence-corrected chi connectivity index (χ4v) is 6.44. The number of hydrogen-bond acceptors (Lipinski definition) is 6. The molecule has 2 aromatic carbocycles. The van der Waals surface area contributed by atoms with Crippen molar-refractivity contribution in [2.24, 2.45) is 0 Å². The Balaban J connectivity index is 1.80. The van der Waals surface area contributed by atoms with Crippen molar-refractivity contribution in [2.75, 3.05) is 31.2 Å². The van der Waals surface area contributed by atoms with E-state index in [2.05, 4.69) is 4.98 Å². The summed E-state index contributed by atoms with van der Waals surface area (Å²) >= 11 is 13.5. The number of nitrogens with zero attached hydrogens (tertiary/aromatic N) is 3. The molecule has 1 aliphatic heterocycles. The molecule has 0 amide bonds. The maximum atomic E-state index is 13.4. The van der Waals surface area contributed by atoms with Crippen molar-refractivity contribution in [1.82, 2.24) is 4.98 Å². The molecule has 0 spiro atoms. The summed E-state index contributed by atoms with van der Waals surface area (Å²) in [5, 5.41) is 1.06. The maximum Gasteiger partial charge on any atom is 0.436 e. The van der Waals surface area contributed by atoms with Crippen LogP contribution in [0, 0.1) is 0 Å². The average molecular weight is 471 g/mol. The summed E-state index contributed by atoms with van der Waals surface area (Å²) in [6.45, 7) is 2.90. The van der Waals surface area contributed by atoms with Crippen LogP contribution in [0.15, 0.2) is 58.6 Å². The smallest absolute Gasteiger partial charge is 0.378 e. The Morgan fingerprint density at radius 1 is 1.10 bits per heavy atom. The second-order valence-electron chi connectivity index (χ2n) is 6.47. The van der Waals surface area contributed by atoms with Gasteiger partial charge in [0.25, 0.3) is 9.84 Å². The number of ether oxygens (including phenoxy) is 1. The molecule has 0 radical (unpaired) electrons. The number of rotatable bonds is 5. The van der Waals surface area contributed by atoms with E-state index in [-0.39, 0.29) is 15.1 Å². The number of morpholine rings is 1. The Morgan fingerprint density at radius 2 is 1.83 bits per heavy atom. The average Bonchev–Trinajstić information content (AvgIpc) is 3.14. The van der Waals surface area contributed by atoms with Crippen LogP contribution >= 0.6 is 34.7 Å². The molecule has 0 saturated carbocycles. The van der Waals surface area contributed by atoms with Crippen LogP contribution < -0.4 is 8.86 Å². The quantitative estimate of drug-likeness (QED) is 0.534. The number of anilines is 1. The Hall–Kier alpha value is -1.71. The van der Waals surface area contributed by atoms with Crippen LogP contribution in [0.2, 0.25) is 10.0 Å². The van der Waals surface area contributed by atoms with Crippen LogP contribution in [-0.4, -0.2) is 39.7 Å². The Morgan fingerprint density at radius 3 is 2.52 bits per heavy atom. The van der Waals surface area contributed by atoms with E-state index in [0.29, 0.717) is 43.0 Å². The van der Waals surface area contributed by atoms with Gasteiger partial charge in [-0.25, -0.2) is 8.42 Å². The first kappa shape index (κ1) is 20.6. The van der Waals surface area contributed by atoms with Gasteiger partial charge in [-0.2, -0.15) is 3.96 Å². The Kier molecular flexibility index (Phi) is 6.08. The summed E-state index contributed by atoms with van der Waals surface area (Å²) in [6.07, 6.45) is 0. The molecule has 0 N–H and O–H groups in total. The number of aromatic nitrogens is 2. The van der Waals surface area contributed by atoms with E-state index in [1.807, 2.05) is 35.2 Å². The molecule has 1 saturated heterocycles. The first-order valence-electron chi connectivity index (χ1n) is 8.93. The topological polar surface area (TPSA) is 63.4 Å². The standard InChI is InChI=1S/C19H18Cl2N3O3S2/c20-15-6-7-17(16(21)12-15)29(25,26)19-22-18(23-8-10-27-11-9-23)28-24(19)13-14-4-2-1-3-5-14/h1-7,12H,8-11,13H2/q+1. The zero-order valence-corrected chi connectivity index (χ0v) is 18.4. The molecule has 1 aromatic heterocycles. The van der Waals surface area contributed by atoms with E-state index in [1.165, 1.54) is 29.7 Å². The Bertz CT molecular complexity index is 1110. The van der Waals surface area contributed by atoms with Gasteiger partial charge in [-0.05, 0) is 23.8 Å². The van der Waals surface area contributed by atoms with E-state index >= 15 is 0 Å². The molecule has 4 rings (SSSR count). The van der Waals surface area contributed by atoms with Gasteiger partial charge in [-0.15, -0.1) is 0 Å². The fraction of sp³-hybridized carbons (Fsp3) is 0.263. The predicted octanol–water partition coefficient (Wildman–Crippen LogP) is 3.46. The van der Waals surface area contributed by atoms with Gasteiger partial charge < -0.3 is 9.64 Å². The number of benzene rings is 2. The van der Waals surface area contributed by atoms with Gasteiger partial charge in [-0.3, -0.25) is 0 Å². The van der Waals surface area contributed by atoms with Gasteiger partial charge in [0.1, 0.15) is 18.1 Å². The van der Waals surface area contributed by atoms with Gasteiger partial charge in [0, 0.05) is 23.1 Å².